The molecule has 0 radical (unpaired) electrons. The summed E-state index contributed by atoms with van der Waals surface area (Å²) in [5, 5.41) is 0. The van der Waals surface area contributed by atoms with Crippen molar-refractivity contribution in [2.45, 2.75) is 26.7 Å². The van der Waals surface area contributed by atoms with Gasteiger partial charge in [-0.2, -0.15) is 0 Å². The van der Waals surface area contributed by atoms with Crippen LogP contribution in [0.15, 0.2) is 35.1 Å². The number of nitrogens with one attached hydrogen (secondary N) is 1. The number of anilines is 2. The minimum Gasteiger partial charge on any atom is -0.466 e. The Bertz CT molecular complexity index is 827. The minimum atomic E-state index is -0.294. The van der Waals surface area contributed by atoms with E-state index in [-0.39, 0.29) is 17.9 Å². The van der Waals surface area contributed by atoms with Crippen LogP contribution in [0, 0.1) is 6.92 Å². The number of nitrogens with zero attached hydrogens (tertiary/aromatic N) is 3. The molecule has 0 saturated carbocycles. The highest BCUT2D eigenvalue weighted by Crippen LogP contribution is 2.18. The maximum atomic E-state index is 12.5. The summed E-state index contributed by atoms with van der Waals surface area (Å²) in [6, 6.07) is 10.3. The fourth-order valence-corrected chi connectivity index (χ4v) is 3.32. The van der Waals surface area contributed by atoms with Gasteiger partial charge in [0, 0.05) is 49.5 Å². The van der Waals surface area contributed by atoms with Crippen LogP contribution in [0.5, 0.6) is 0 Å². The molecular weight excluding hydrogens is 344 g/mol. The predicted molar refractivity (Wildman–Crippen MR) is 105 cm³/mol. The highest BCUT2D eigenvalue weighted by Gasteiger charge is 2.20. The van der Waals surface area contributed by atoms with E-state index >= 15 is 0 Å². The second-order valence-corrected chi connectivity index (χ2v) is 6.57. The van der Waals surface area contributed by atoms with E-state index in [2.05, 4.69) is 31.9 Å². The molecule has 3 rings (SSSR count). The number of ether oxygens (including phenoxy) is 1. The van der Waals surface area contributed by atoms with Gasteiger partial charge in [0.2, 0.25) is 5.95 Å². The van der Waals surface area contributed by atoms with Crippen LogP contribution in [0.25, 0.3) is 0 Å². The molecule has 0 bridgehead atoms. The predicted octanol–water partition coefficient (Wildman–Crippen LogP) is 1.90. The second-order valence-electron chi connectivity index (χ2n) is 6.57. The summed E-state index contributed by atoms with van der Waals surface area (Å²) in [6.45, 7) is 7.26. The number of carbonyl (C=O) groups is 1. The van der Waals surface area contributed by atoms with Gasteiger partial charge in [-0.25, -0.2) is 4.98 Å². The van der Waals surface area contributed by atoms with Gasteiger partial charge in [0.1, 0.15) is 0 Å². The number of para-hydroxylation sites is 1. The number of hydrogen-bond donors (Lipinski definition) is 1. The van der Waals surface area contributed by atoms with Gasteiger partial charge in [0.05, 0.1) is 6.61 Å². The third kappa shape index (κ3) is 4.67. The molecule has 1 aliphatic heterocycles. The monoisotopic (exact) mass is 370 g/mol. The summed E-state index contributed by atoms with van der Waals surface area (Å²) >= 11 is 0. The first-order valence-corrected chi connectivity index (χ1v) is 9.39. The van der Waals surface area contributed by atoms with Gasteiger partial charge < -0.3 is 14.5 Å². The molecule has 0 unspecified atom stereocenters. The summed E-state index contributed by atoms with van der Waals surface area (Å²) in [5.74, 6) is 0.308. The first kappa shape index (κ1) is 18.9. The summed E-state index contributed by atoms with van der Waals surface area (Å²) < 4.78 is 4.92. The number of hydrogen-bond acceptors (Lipinski definition) is 6. The van der Waals surface area contributed by atoms with E-state index in [1.165, 1.54) is 5.69 Å². The Labute approximate surface area is 159 Å². The Balaban J connectivity index is 1.64. The molecule has 7 heteroatoms. The number of aryl methyl sites for hydroxylation is 1. The van der Waals surface area contributed by atoms with Crippen LogP contribution in [-0.4, -0.2) is 48.7 Å². The van der Waals surface area contributed by atoms with Crippen LogP contribution < -0.4 is 15.4 Å². The maximum absolute atomic E-state index is 12.5. The molecule has 0 aliphatic carbocycles. The number of esters is 1. The SMILES string of the molecule is CCOC(=O)CCc1c(C)nc(N2CCN(c3ccccc3)CC2)[nH]c1=O. The lowest BCUT2D eigenvalue weighted by Gasteiger charge is -2.36. The average molecular weight is 370 g/mol. The molecule has 2 heterocycles. The van der Waals surface area contributed by atoms with Gasteiger partial charge >= 0.3 is 5.97 Å². The molecule has 2 aromatic rings. The summed E-state index contributed by atoms with van der Waals surface area (Å²) in [4.78, 5) is 35.9. The fraction of sp³-hybridized carbons (Fsp3) is 0.450. The van der Waals surface area contributed by atoms with E-state index in [1.54, 1.807) is 6.92 Å². The number of piperazine rings is 1. The average Bonchev–Trinajstić information content (AvgIpc) is 2.68. The third-order valence-corrected chi connectivity index (χ3v) is 4.79. The molecule has 7 nitrogen and oxygen atoms in total. The third-order valence-electron chi connectivity index (χ3n) is 4.79. The molecule has 27 heavy (non-hydrogen) atoms. The molecule has 0 amide bonds. The first-order chi connectivity index (χ1) is 13.1. The van der Waals surface area contributed by atoms with E-state index in [0.717, 1.165) is 26.2 Å². The van der Waals surface area contributed by atoms with Crippen molar-refractivity contribution in [2.24, 2.45) is 0 Å². The van der Waals surface area contributed by atoms with E-state index in [1.807, 2.05) is 25.1 Å². The highest BCUT2D eigenvalue weighted by molar-refractivity contribution is 5.69. The van der Waals surface area contributed by atoms with Gasteiger partial charge in [0.25, 0.3) is 5.56 Å². The summed E-state index contributed by atoms with van der Waals surface area (Å²) in [6.07, 6.45) is 0.531. The summed E-state index contributed by atoms with van der Waals surface area (Å²) in [7, 11) is 0. The van der Waals surface area contributed by atoms with Gasteiger partial charge in [-0.1, -0.05) is 18.2 Å². The quantitative estimate of drug-likeness (QED) is 0.783. The van der Waals surface area contributed by atoms with Crippen LogP contribution in [0.4, 0.5) is 11.6 Å². The lowest BCUT2D eigenvalue weighted by Crippen LogP contribution is -2.47. The van der Waals surface area contributed by atoms with Gasteiger partial charge in [0.15, 0.2) is 0 Å². The van der Waals surface area contributed by atoms with Crippen molar-refractivity contribution in [1.82, 2.24) is 9.97 Å². The number of benzene rings is 1. The summed E-state index contributed by atoms with van der Waals surface area (Å²) in [5.41, 5.74) is 2.26. The van der Waals surface area contributed by atoms with Crippen molar-refractivity contribution in [3.8, 4) is 0 Å². The van der Waals surface area contributed by atoms with Gasteiger partial charge in [-0.15, -0.1) is 0 Å². The molecule has 0 spiro atoms. The largest absolute Gasteiger partial charge is 0.466 e. The number of aromatic amines is 1. The van der Waals surface area contributed by atoms with Crippen LogP contribution >= 0.6 is 0 Å². The zero-order valence-electron chi connectivity index (χ0n) is 15.9. The highest BCUT2D eigenvalue weighted by atomic mass is 16.5. The number of carbonyl (C=O) groups excluding carboxylic acids is 1. The van der Waals surface area contributed by atoms with Crippen molar-refractivity contribution in [1.29, 1.82) is 0 Å². The Morgan fingerprint density at radius 2 is 1.81 bits per heavy atom. The zero-order chi connectivity index (χ0) is 19.2. The lowest BCUT2D eigenvalue weighted by molar-refractivity contribution is -0.143. The minimum absolute atomic E-state index is 0.174. The zero-order valence-corrected chi connectivity index (χ0v) is 15.9. The molecule has 1 saturated heterocycles. The van der Waals surface area contributed by atoms with Crippen molar-refractivity contribution in [3.63, 3.8) is 0 Å². The van der Waals surface area contributed by atoms with Crippen LogP contribution in [0.1, 0.15) is 24.6 Å². The standard InChI is InChI=1S/C20H26N4O3/c1-3-27-18(25)10-9-17-15(2)21-20(22-19(17)26)24-13-11-23(12-14-24)16-7-5-4-6-8-16/h4-8H,3,9-14H2,1-2H3,(H,21,22,26). The molecule has 1 N–H and O–H groups in total. The maximum Gasteiger partial charge on any atom is 0.306 e. The van der Waals surface area contributed by atoms with Crippen molar-refractivity contribution >= 4 is 17.6 Å². The normalized spacial score (nSPS) is 14.3. The molecular formula is C20H26N4O3. The molecule has 0 atom stereocenters. The first-order valence-electron chi connectivity index (χ1n) is 9.39. The second kappa shape index (κ2) is 8.70. The Kier molecular flexibility index (Phi) is 6.11. The van der Waals surface area contributed by atoms with Gasteiger partial charge in [-0.05, 0) is 32.4 Å². The Morgan fingerprint density at radius 3 is 2.44 bits per heavy atom. The van der Waals surface area contributed by atoms with Crippen molar-refractivity contribution < 1.29 is 9.53 Å². The topological polar surface area (TPSA) is 78.5 Å². The van der Waals surface area contributed by atoms with Crippen LogP contribution in [0.3, 0.4) is 0 Å². The van der Waals surface area contributed by atoms with E-state index in [9.17, 15) is 9.59 Å². The van der Waals surface area contributed by atoms with Crippen LogP contribution in [-0.2, 0) is 16.0 Å². The molecule has 1 aliphatic rings. The number of aromatic nitrogens is 2. The molecule has 1 aromatic heterocycles. The van der Waals surface area contributed by atoms with E-state index in [4.69, 9.17) is 4.74 Å². The van der Waals surface area contributed by atoms with E-state index < -0.39 is 0 Å². The number of rotatable bonds is 6. The van der Waals surface area contributed by atoms with Crippen molar-refractivity contribution in [3.05, 3.63) is 51.9 Å². The van der Waals surface area contributed by atoms with Gasteiger partial charge in [-0.3, -0.25) is 14.6 Å². The molecule has 144 valence electrons. The lowest BCUT2D eigenvalue weighted by atomic mass is 10.1. The van der Waals surface area contributed by atoms with Crippen LogP contribution in [0.2, 0.25) is 0 Å². The van der Waals surface area contributed by atoms with E-state index in [0.29, 0.717) is 30.2 Å². The molecule has 1 fully saturated rings. The Hall–Kier alpha value is -2.83. The Morgan fingerprint density at radius 1 is 1.15 bits per heavy atom. The molecule has 1 aromatic carbocycles. The fourth-order valence-electron chi connectivity index (χ4n) is 3.32. The smallest absolute Gasteiger partial charge is 0.306 e. The number of H-pyrrole nitrogens is 1. The van der Waals surface area contributed by atoms with Crippen molar-refractivity contribution in [2.75, 3.05) is 42.6 Å².